The quantitative estimate of drug-likeness (QED) is 0.807. The third kappa shape index (κ3) is 2.85. The van der Waals surface area contributed by atoms with Gasteiger partial charge in [0.05, 0.1) is 11.8 Å². The summed E-state index contributed by atoms with van der Waals surface area (Å²) in [6.45, 7) is 2.07. The highest BCUT2D eigenvalue weighted by Crippen LogP contribution is 2.38. The van der Waals surface area contributed by atoms with Crippen LogP contribution in [0, 0.1) is 17.8 Å². The Labute approximate surface area is 108 Å². The largest absolute Gasteiger partial charge is 0.481 e. The van der Waals surface area contributed by atoms with Crippen LogP contribution in [0.5, 0.6) is 0 Å². The molecule has 0 radical (unpaired) electrons. The number of hydrogen-bond donors (Lipinski definition) is 2. The summed E-state index contributed by atoms with van der Waals surface area (Å²) in [5.41, 5.74) is 0. The van der Waals surface area contributed by atoms with Gasteiger partial charge in [-0.2, -0.15) is 0 Å². The average molecular weight is 253 g/mol. The van der Waals surface area contributed by atoms with E-state index < -0.39 is 11.9 Å². The van der Waals surface area contributed by atoms with Crippen molar-refractivity contribution in [2.24, 2.45) is 17.8 Å². The molecule has 0 aromatic heterocycles. The monoisotopic (exact) mass is 253 g/mol. The van der Waals surface area contributed by atoms with E-state index in [9.17, 15) is 14.7 Å². The van der Waals surface area contributed by atoms with Crippen molar-refractivity contribution in [1.82, 2.24) is 5.32 Å². The van der Waals surface area contributed by atoms with Gasteiger partial charge in [0.15, 0.2) is 0 Å². The normalized spacial score (nSPS) is 32.6. The first kappa shape index (κ1) is 13.4. The van der Waals surface area contributed by atoms with Gasteiger partial charge in [0.1, 0.15) is 0 Å². The van der Waals surface area contributed by atoms with Crippen molar-refractivity contribution in [1.29, 1.82) is 0 Å². The molecule has 4 heteroatoms. The first-order valence-corrected chi connectivity index (χ1v) is 7.15. The number of hydrogen-bond acceptors (Lipinski definition) is 2. The Balaban J connectivity index is 1.96. The minimum absolute atomic E-state index is 0.0229. The van der Waals surface area contributed by atoms with Crippen LogP contribution in [0.4, 0.5) is 0 Å². The summed E-state index contributed by atoms with van der Waals surface area (Å²) in [7, 11) is 0. The molecule has 102 valence electrons. The van der Waals surface area contributed by atoms with E-state index >= 15 is 0 Å². The zero-order valence-electron chi connectivity index (χ0n) is 11.0. The third-order valence-corrected chi connectivity index (χ3v) is 4.59. The predicted octanol–water partition coefficient (Wildman–Crippen LogP) is 2.18. The van der Waals surface area contributed by atoms with Crippen LogP contribution in [0.3, 0.4) is 0 Å². The van der Waals surface area contributed by atoms with Crippen molar-refractivity contribution in [2.75, 3.05) is 0 Å². The number of carbonyl (C=O) groups is 2. The zero-order valence-corrected chi connectivity index (χ0v) is 11.0. The summed E-state index contributed by atoms with van der Waals surface area (Å²) in [4.78, 5) is 23.4. The van der Waals surface area contributed by atoms with Crippen LogP contribution in [0.1, 0.15) is 51.9 Å². The van der Waals surface area contributed by atoms with Gasteiger partial charge < -0.3 is 10.4 Å². The molecule has 0 aliphatic heterocycles. The second-order valence-corrected chi connectivity index (χ2v) is 5.79. The van der Waals surface area contributed by atoms with Gasteiger partial charge in [-0.1, -0.05) is 26.2 Å². The maximum absolute atomic E-state index is 12.2. The van der Waals surface area contributed by atoms with Crippen molar-refractivity contribution in [3.05, 3.63) is 0 Å². The highest BCUT2D eigenvalue weighted by atomic mass is 16.4. The molecule has 1 unspecified atom stereocenters. The van der Waals surface area contributed by atoms with Gasteiger partial charge >= 0.3 is 5.97 Å². The van der Waals surface area contributed by atoms with Gasteiger partial charge in [-0.15, -0.1) is 0 Å². The lowest BCUT2D eigenvalue weighted by Crippen LogP contribution is -2.40. The molecule has 0 aromatic rings. The Kier molecular flexibility index (Phi) is 4.25. The van der Waals surface area contributed by atoms with Crippen molar-refractivity contribution >= 4 is 11.9 Å². The maximum Gasteiger partial charge on any atom is 0.307 e. The molecule has 2 fully saturated rings. The topological polar surface area (TPSA) is 66.4 Å². The summed E-state index contributed by atoms with van der Waals surface area (Å²) in [5.74, 6) is -1.22. The first-order valence-electron chi connectivity index (χ1n) is 7.15. The number of carbonyl (C=O) groups excluding carboxylic acids is 1. The summed E-state index contributed by atoms with van der Waals surface area (Å²) >= 11 is 0. The fraction of sp³-hybridized carbons (Fsp3) is 0.857. The predicted molar refractivity (Wildman–Crippen MR) is 68.0 cm³/mol. The van der Waals surface area contributed by atoms with Gasteiger partial charge in [-0.3, -0.25) is 9.59 Å². The van der Waals surface area contributed by atoms with E-state index in [-0.39, 0.29) is 17.9 Å². The van der Waals surface area contributed by atoms with Crippen LogP contribution in [0.15, 0.2) is 0 Å². The molecule has 4 nitrogen and oxygen atoms in total. The Morgan fingerprint density at radius 3 is 2.33 bits per heavy atom. The molecule has 2 N–H and O–H groups in total. The van der Waals surface area contributed by atoms with E-state index in [1.165, 1.54) is 12.8 Å². The van der Waals surface area contributed by atoms with Gasteiger partial charge in [-0.25, -0.2) is 0 Å². The Hall–Kier alpha value is -1.06. The van der Waals surface area contributed by atoms with Crippen LogP contribution in [-0.2, 0) is 9.59 Å². The first-order chi connectivity index (χ1) is 8.61. The Morgan fingerprint density at radius 2 is 1.78 bits per heavy atom. The number of carboxylic acid groups (broad SMARTS) is 1. The van der Waals surface area contributed by atoms with Gasteiger partial charge in [0, 0.05) is 6.04 Å². The highest BCUT2D eigenvalue weighted by Gasteiger charge is 2.42. The van der Waals surface area contributed by atoms with Gasteiger partial charge in [-0.05, 0) is 31.6 Å². The zero-order chi connectivity index (χ0) is 13.1. The fourth-order valence-corrected chi connectivity index (χ4v) is 3.42. The molecular formula is C14H23NO3. The summed E-state index contributed by atoms with van der Waals surface area (Å²) in [5, 5.41) is 12.3. The smallest absolute Gasteiger partial charge is 0.307 e. The molecule has 2 saturated carbocycles. The number of nitrogens with one attached hydrogen (secondary N) is 1. The summed E-state index contributed by atoms with van der Waals surface area (Å²) < 4.78 is 0. The van der Waals surface area contributed by atoms with E-state index in [1.807, 2.05) is 0 Å². The molecule has 18 heavy (non-hydrogen) atoms. The van der Waals surface area contributed by atoms with Crippen LogP contribution < -0.4 is 5.32 Å². The second-order valence-electron chi connectivity index (χ2n) is 5.79. The lowest BCUT2D eigenvalue weighted by molar-refractivity contribution is -0.146. The van der Waals surface area contributed by atoms with Crippen molar-refractivity contribution < 1.29 is 14.7 Å². The van der Waals surface area contributed by atoms with Crippen molar-refractivity contribution in [3.8, 4) is 0 Å². The van der Waals surface area contributed by atoms with Crippen molar-refractivity contribution in [2.45, 2.75) is 57.9 Å². The standard InChI is InChI=1S/C14H23NO3/c1-2-9-7-11(12(8-9)14(17)18)13(16)15-10-5-3-4-6-10/h9-12H,2-8H2,1H3,(H,15,16)(H,17,18)/t9?,11-,12+/m0/s1. The number of amides is 1. The SMILES string of the molecule is CCC1C[C@H](C(=O)NC2CCCC2)[C@H](C(=O)O)C1. The third-order valence-electron chi connectivity index (χ3n) is 4.59. The van der Waals surface area contributed by atoms with Gasteiger partial charge in [0.2, 0.25) is 5.91 Å². The molecular weight excluding hydrogens is 230 g/mol. The Bertz CT molecular complexity index is 323. The van der Waals surface area contributed by atoms with E-state index in [4.69, 9.17) is 0 Å². The molecule has 0 spiro atoms. The van der Waals surface area contributed by atoms with E-state index in [1.54, 1.807) is 0 Å². The summed E-state index contributed by atoms with van der Waals surface area (Å²) in [6, 6.07) is 0.285. The molecule has 3 atom stereocenters. The molecule has 0 aromatic carbocycles. The molecule has 2 aliphatic rings. The van der Waals surface area contributed by atoms with E-state index in [0.29, 0.717) is 12.3 Å². The number of carboxylic acids is 1. The average Bonchev–Trinajstić information content (AvgIpc) is 2.96. The Morgan fingerprint density at radius 1 is 1.17 bits per heavy atom. The summed E-state index contributed by atoms with van der Waals surface area (Å²) in [6.07, 6.45) is 6.82. The maximum atomic E-state index is 12.2. The lowest BCUT2D eigenvalue weighted by atomic mass is 9.95. The molecule has 0 bridgehead atoms. The van der Waals surface area contributed by atoms with Gasteiger partial charge in [0.25, 0.3) is 0 Å². The minimum Gasteiger partial charge on any atom is -0.481 e. The van der Waals surface area contributed by atoms with Crippen LogP contribution in [0.2, 0.25) is 0 Å². The highest BCUT2D eigenvalue weighted by molar-refractivity contribution is 5.85. The molecule has 0 saturated heterocycles. The van der Waals surface area contributed by atoms with Crippen LogP contribution >= 0.6 is 0 Å². The number of aliphatic carboxylic acids is 1. The second kappa shape index (κ2) is 5.72. The molecule has 1 amide bonds. The van der Waals surface area contributed by atoms with E-state index in [2.05, 4.69) is 12.2 Å². The minimum atomic E-state index is -0.808. The fourth-order valence-electron chi connectivity index (χ4n) is 3.42. The van der Waals surface area contributed by atoms with Crippen molar-refractivity contribution in [3.63, 3.8) is 0 Å². The lowest BCUT2D eigenvalue weighted by Gasteiger charge is -2.19. The van der Waals surface area contributed by atoms with Crippen LogP contribution in [-0.4, -0.2) is 23.0 Å². The van der Waals surface area contributed by atoms with E-state index in [0.717, 1.165) is 25.7 Å². The number of rotatable bonds is 4. The molecule has 0 heterocycles. The van der Waals surface area contributed by atoms with Crippen LogP contribution in [0.25, 0.3) is 0 Å². The molecule has 2 rings (SSSR count). The molecule has 2 aliphatic carbocycles.